The molecular formula is C20H19N3O3. The number of hydrogen-bond donors (Lipinski definition) is 1. The molecule has 1 aliphatic heterocycles. The van der Waals surface area contributed by atoms with Crippen molar-refractivity contribution in [3.63, 3.8) is 0 Å². The molecule has 0 aliphatic carbocycles. The van der Waals surface area contributed by atoms with Gasteiger partial charge in [-0.1, -0.05) is 12.1 Å². The van der Waals surface area contributed by atoms with E-state index in [0.29, 0.717) is 18.5 Å². The third-order valence-electron chi connectivity index (χ3n) is 5.12. The highest BCUT2D eigenvalue weighted by molar-refractivity contribution is 5.95. The zero-order chi connectivity index (χ0) is 18.3. The van der Waals surface area contributed by atoms with Crippen LogP contribution in [0.25, 0.3) is 16.7 Å². The lowest BCUT2D eigenvalue weighted by atomic mass is 9.90. The zero-order valence-corrected chi connectivity index (χ0v) is 14.4. The molecule has 1 aliphatic rings. The van der Waals surface area contributed by atoms with Crippen molar-refractivity contribution < 1.29 is 14.7 Å². The van der Waals surface area contributed by atoms with Crippen LogP contribution >= 0.6 is 0 Å². The molecule has 1 atom stereocenters. The molecule has 2 aromatic carbocycles. The predicted octanol–water partition coefficient (Wildman–Crippen LogP) is 2.96. The molecule has 1 amide bonds. The highest BCUT2D eigenvalue weighted by atomic mass is 16.4. The van der Waals surface area contributed by atoms with E-state index in [1.54, 1.807) is 30.3 Å². The molecule has 1 saturated heterocycles. The molecule has 1 fully saturated rings. The van der Waals surface area contributed by atoms with Crippen LogP contribution in [0.2, 0.25) is 0 Å². The van der Waals surface area contributed by atoms with Crippen LogP contribution in [-0.2, 0) is 4.79 Å². The normalized spacial score (nSPS) is 19.8. The van der Waals surface area contributed by atoms with E-state index in [4.69, 9.17) is 0 Å². The van der Waals surface area contributed by atoms with Gasteiger partial charge in [0, 0.05) is 24.3 Å². The molecule has 26 heavy (non-hydrogen) atoms. The molecule has 0 bridgehead atoms. The standard InChI is InChI=1S/C20H19N3O3/c1-20(19(25)26)10-11-22(12-20)18(24)14-6-8-15(9-7-14)23-13-21-16-4-2-3-5-17(16)23/h2-9,13H,10-12H2,1H3,(H,25,26). The number of amides is 1. The fraction of sp³-hybridized carbons (Fsp3) is 0.250. The van der Waals surface area contributed by atoms with E-state index in [1.807, 2.05) is 41.0 Å². The molecule has 2 heterocycles. The number of carboxylic acids is 1. The number of imidazole rings is 1. The van der Waals surface area contributed by atoms with E-state index in [9.17, 15) is 14.7 Å². The number of hydrogen-bond acceptors (Lipinski definition) is 3. The SMILES string of the molecule is CC1(C(=O)O)CCN(C(=O)c2ccc(-n3cnc4ccccc43)cc2)C1. The summed E-state index contributed by atoms with van der Waals surface area (Å²) in [6, 6.07) is 15.2. The number of carbonyl (C=O) groups excluding carboxylic acids is 1. The molecule has 1 unspecified atom stereocenters. The number of aliphatic carboxylic acids is 1. The molecule has 3 aromatic rings. The van der Waals surface area contributed by atoms with E-state index in [-0.39, 0.29) is 12.5 Å². The first-order valence-electron chi connectivity index (χ1n) is 8.53. The lowest BCUT2D eigenvalue weighted by Gasteiger charge is -2.20. The van der Waals surface area contributed by atoms with Crippen molar-refractivity contribution in [1.29, 1.82) is 0 Å². The summed E-state index contributed by atoms with van der Waals surface area (Å²) in [5.74, 6) is -0.979. The summed E-state index contributed by atoms with van der Waals surface area (Å²) in [5.41, 5.74) is 2.55. The average molecular weight is 349 g/mol. The summed E-state index contributed by atoms with van der Waals surface area (Å²) >= 11 is 0. The second-order valence-electron chi connectivity index (χ2n) is 6.99. The van der Waals surface area contributed by atoms with Crippen molar-refractivity contribution in [3.05, 3.63) is 60.4 Å². The van der Waals surface area contributed by atoms with Crippen molar-refractivity contribution in [2.45, 2.75) is 13.3 Å². The number of aromatic nitrogens is 2. The molecule has 0 spiro atoms. The molecule has 1 N–H and O–H groups in total. The van der Waals surface area contributed by atoms with Gasteiger partial charge in [0.15, 0.2) is 0 Å². The van der Waals surface area contributed by atoms with Gasteiger partial charge in [0.2, 0.25) is 0 Å². The molecular weight excluding hydrogens is 330 g/mol. The van der Waals surface area contributed by atoms with E-state index in [1.165, 1.54) is 0 Å². The number of benzene rings is 2. The first kappa shape index (κ1) is 16.3. The lowest BCUT2D eigenvalue weighted by molar-refractivity contribution is -0.147. The highest BCUT2D eigenvalue weighted by Crippen LogP contribution is 2.31. The number of carbonyl (C=O) groups is 2. The molecule has 4 rings (SSSR count). The number of fused-ring (bicyclic) bond motifs is 1. The fourth-order valence-electron chi connectivity index (χ4n) is 3.42. The second kappa shape index (κ2) is 5.98. The van der Waals surface area contributed by atoms with Crippen LogP contribution in [0.1, 0.15) is 23.7 Å². The third kappa shape index (κ3) is 2.63. The minimum atomic E-state index is -0.856. The van der Waals surface area contributed by atoms with Gasteiger partial charge < -0.3 is 10.0 Å². The number of rotatable bonds is 3. The quantitative estimate of drug-likeness (QED) is 0.789. The first-order chi connectivity index (χ1) is 12.5. The van der Waals surface area contributed by atoms with Crippen molar-refractivity contribution in [3.8, 4) is 5.69 Å². The van der Waals surface area contributed by atoms with Gasteiger partial charge in [-0.2, -0.15) is 0 Å². The highest BCUT2D eigenvalue weighted by Gasteiger charge is 2.42. The topological polar surface area (TPSA) is 75.4 Å². The lowest BCUT2D eigenvalue weighted by Crippen LogP contribution is -2.34. The summed E-state index contributed by atoms with van der Waals surface area (Å²) in [4.78, 5) is 30.0. The van der Waals surface area contributed by atoms with Gasteiger partial charge in [0.25, 0.3) is 5.91 Å². The van der Waals surface area contributed by atoms with Crippen LogP contribution in [0, 0.1) is 5.41 Å². The Labute approximate surface area is 150 Å². The minimum absolute atomic E-state index is 0.128. The first-order valence-corrected chi connectivity index (χ1v) is 8.53. The van der Waals surface area contributed by atoms with E-state index < -0.39 is 11.4 Å². The van der Waals surface area contributed by atoms with Gasteiger partial charge in [-0.15, -0.1) is 0 Å². The molecule has 6 nitrogen and oxygen atoms in total. The van der Waals surface area contributed by atoms with Crippen LogP contribution in [0.15, 0.2) is 54.9 Å². The number of carboxylic acid groups (broad SMARTS) is 1. The second-order valence-corrected chi connectivity index (χ2v) is 6.99. The average Bonchev–Trinajstić information content (AvgIpc) is 3.26. The molecule has 6 heteroatoms. The molecule has 1 aromatic heterocycles. The Morgan fingerprint density at radius 2 is 1.85 bits per heavy atom. The van der Waals surface area contributed by atoms with Crippen molar-refractivity contribution in [2.24, 2.45) is 5.41 Å². The maximum absolute atomic E-state index is 12.7. The monoisotopic (exact) mass is 349 g/mol. The smallest absolute Gasteiger partial charge is 0.311 e. The Balaban J connectivity index is 1.57. The van der Waals surface area contributed by atoms with Gasteiger partial charge in [0.05, 0.1) is 16.4 Å². The number of para-hydroxylation sites is 2. The Hall–Kier alpha value is -3.15. The summed E-state index contributed by atoms with van der Waals surface area (Å²) in [6.07, 6.45) is 2.24. The van der Waals surface area contributed by atoms with Gasteiger partial charge >= 0.3 is 5.97 Å². The van der Waals surface area contributed by atoms with Gasteiger partial charge in [-0.3, -0.25) is 14.2 Å². The van der Waals surface area contributed by atoms with Crippen LogP contribution < -0.4 is 0 Å². The number of likely N-dealkylation sites (tertiary alicyclic amines) is 1. The Morgan fingerprint density at radius 1 is 1.12 bits per heavy atom. The third-order valence-corrected chi connectivity index (χ3v) is 5.12. The Morgan fingerprint density at radius 3 is 2.54 bits per heavy atom. The Kier molecular flexibility index (Phi) is 3.76. The van der Waals surface area contributed by atoms with Gasteiger partial charge in [0.1, 0.15) is 6.33 Å². The largest absolute Gasteiger partial charge is 0.481 e. The van der Waals surface area contributed by atoms with Crippen LogP contribution in [0.5, 0.6) is 0 Å². The van der Waals surface area contributed by atoms with Crippen LogP contribution in [0.4, 0.5) is 0 Å². The van der Waals surface area contributed by atoms with Gasteiger partial charge in [-0.25, -0.2) is 4.98 Å². The molecule has 132 valence electrons. The summed E-state index contributed by atoms with van der Waals surface area (Å²) in [7, 11) is 0. The van der Waals surface area contributed by atoms with Crippen LogP contribution in [-0.4, -0.2) is 44.5 Å². The van der Waals surface area contributed by atoms with Crippen molar-refractivity contribution in [2.75, 3.05) is 13.1 Å². The maximum Gasteiger partial charge on any atom is 0.311 e. The van der Waals surface area contributed by atoms with E-state index >= 15 is 0 Å². The number of nitrogens with zero attached hydrogens (tertiary/aromatic N) is 3. The molecule has 0 saturated carbocycles. The maximum atomic E-state index is 12.7. The summed E-state index contributed by atoms with van der Waals surface area (Å²) < 4.78 is 1.97. The summed E-state index contributed by atoms with van der Waals surface area (Å²) in [6.45, 7) is 2.40. The van der Waals surface area contributed by atoms with Crippen LogP contribution in [0.3, 0.4) is 0 Å². The fourth-order valence-corrected chi connectivity index (χ4v) is 3.42. The van der Waals surface area contributed by atoms with E-state index in [2.05, 4.69) is 4.98 Å². The minimum Gasteiger partial charge on any atom is -0.481 e. The Bertz CT molecular complexity index is 993. The van der Waals surface area contributed by atoms with Gasteiger partial charge in [-0.05, 0) is 49.7 Å². The van der Waals surface area contributed by atoms with Crippen molar-refractivity contribution in [1.82, 2.24) is 14.5 Å². The van der Waals surface area contributed by atoms with E-state index in [0.717, 1.165) is 16.7 Å². The predicted molar refractivity (Wildman–Crippen MR) is 97.3 cm³/mol. The molecule has 0 radical (unpaired) electrons. The van der Waals surface area contributed by atoms with Crippen molar-refractivity contribution >= 4 is 22.9 Å². The summed E-state index contributed by atoms with van der Waals surface area (Å²) in [5, 5.41) is 9.32. The zero-order valence-electron chi connectivity index (χ0n) is 14.4.